The number of hydrogen-bond acceptors (Lipinski definition) is 3. The van der Waals surface area contributed by atoms with Crippen molar-refractivity contribution in [2.45, 2.75) is 39.3 Å². The molecule has 0 saturated carbocycles. The molecule has 2 N–H and O–H groups in total. The van der Waals surface area contributed by atoms with E-state index in [4.69, 9.17) is 4.74 Å². The van der Waals surface area contributed by atoms with Crippen LogP contribution in [0.3, 0.4) is 0 Å². The van der Waals surface area contributed by atoms with Crippen LogP contribution in [-0.2, 0) is 0 Å². The Bertz CT molecular complexity index is 413. The average Bonchev–Trinajstić information content (AvgIpc) is 2.37. The first-order valence-corrected chi connectivity index (χ1v) is 6.87. The smallest absolute Gasteiger partial charge is 0.162 e. The number of halogens is 2. The molecule has 0 amide bonds. The average molecular weight is 287 g/mol. The standard InChI is InChI=1S/C15H23F2NO2/c1-10(6-12(3)19)8-18-11(2)9-20-13-4-5-14(16)15(17)7-13/h4-5,7,10-12,18-19H,6,8-9H2,1-3H3. The van der Waals surface area contributed by atoms with E-state index >= 15 is 0 Å². The Morgan fingerprint density at radius 2 is 1.90 bits per heavy atom. The predicted molar refractivity (Wildman–Crippen MR) is 74.8 cm³/mol. The zero-order valence-electron chi connectivity index (χ0n) is 12.2. The van der Waals surface area contributed by atoms with E-state index in [1.807, 2.05) is 6.92 Å². The zero-order valence-corrected chi connectivity index (χ0v) is 12.2. The summed E-state index contributed by atoms with van der Waals surface area (Å²) in [4.78, 5) is 0. The topological polar surface area (TPSA) is 41.5 Å². The largest absolute Gasteiger partial charge is 0.492 e. The maximum Gasteiger partial charge on any atom is 0.162 e. The highest BCUT2D eigenvalue weighted by Gasteiger charge is 2.09. The van der Waals surface area contributed by atoms with Gasteiger partial charge in [0.15, 0.2) is 11.6 Å². The summed E-state index contributed by atoms with van der Waals surface area (Å²) in [5, 5.41) is 12.5. The van der Waals surface area contributed by atoms with Gasteiger partial charge in [-0.05, 0) is 44.9 Å². The number of hydrogen-bond donors (Lipinski definition) is 2. The second kappa shape index (κ2) is 8.17. The van der Waals surface area contributed by atoms with Gasteiger partial charge >= 0.3 is 0 Å². The van der Waals surface area contributed by atoms with Gasteiger partial charge in [0.2, 0.25) is 0 Å². The molecule has 0 aromatic heterocycles. The van der Waals surface area contributed by atoms with Crippen molar-refractivity contribution in [2.24, 2.45) is 5.92 Å². The quantitative estimate of drug-likeness (QED) is 0.772. The van der Waals surface area contributed by atoms with Crippen molar-refractivity contribution in [1.29, 1.82) is 0 Å². The number of aliphatic hydroxyl groups is 1. The molecule has 1 aromatic carbocycles. The lowest BCUT2D eigenvalue weighted by Crippen LogP contribution is -2.35. The maximum absolute atomic E-state index is 13.0. The van der Waals surface area contributed by atoms with E-state index in [1.54, 1.807) is 6.92 Å². The Hall–Kier alpha value is -1.20. The number of aliphatic hydroxyl groups excluding tert-OH is 1. The highest BCUT2D eigenvalue weighted by Crippen LogP contribution is 2.15. The van der Waals surface area contributed by atoms with Gasteiger partial charge < -0.3 is 15.2 Å². The monoisotopic (exact) mass is 287 g/mol. The van der Waals surface area contributed by atoms with Crippen LogP contribution < -0.4 is 10.1 Å². The summed E-state index contributed by atoms with van der Waals surface area (Å²) in [5.74, 6) is -1.11. The Morgan fingerprint density at radius 1 is 1.20 bits per heavy atom. The fourth-order valence-corrected chi connectivity index (χ4v) is 1.91. The molecule has 0 aliphatic carbocycles. The summed E-state index contributed by atoms with van der Waals surface area (Å²) in [7, 11) is 0. The predicted octanol–water partition coefficient (Wildman–Crippen LogP) is 2.73. The summed E-state index contributed by atoms with van der Waals surface area (Å²) < 4.78 is 31.1. The highest BCUT2D eigenvalue weighted by molar-refractivity contribution is 5.23. The minimum atomic E-state index is -0.909. The van der Waals surface area contributed by atoms with Crippen LogP contribution in [0.2, 0.25) is 0 Å². The van der Waals surface area contributed by atoms with Crippen LogP contribution in [-0.4, -0.2) is 30.4 Å². The third-order valence-electron chi connectivity index (χ3n) is 2.95. The van der Waals surface area contributed by atoms with Crippen LogP contribution in [0.15, 0.2) is 18.2 Å². The molecular formula is C15H23F2NO2. The van der Waals surface area contributed by atoms with Crippen LogP contribution >= 0.6 is 0 Å². The summed E-state index contributed by atoms with van der Waals surface area (Å²) in [6.45, 7) is 6.92. The first-order chi connectivity index (χ1) is 9.38. The van der Waals surface area contributed by atoms with Crippen LogP contribution in [0.25, 0.3) is 0 Å². The first kappa shape index (κ1) is 16.9. The van der Waals surface area contributed by atoms with Crippen LogP contribution in [0.1, 0.15) is 27.2 Å². The molecule has 0 aliphatic heterocycles. The summed E-state index contributed by atoms with van der Waals surface area (Å²) in [5.41, 5.74) is 0. The van der Waals surface area contributed by atoms with E-state index in [0.717, 1.165) is 25.1 Å². The van der Waals surface area contributed by atoms with Crippen molar-refractivity contribution >= 4 is 0 Å². The molecule has 1 rings (SSSR count). The van der Waals surface area contributed by atoms with Gasteiger partial charge in [0, 0.05) is 12.1 Å². The Labute approximate surface area is 119 Å². The molecule has 0 aliphatic rings. The molecule has 0 heterocycles. The van der Waals surface area contributed by atoms with Gasteiger partial charge in [-0.1, -0.05) is 6.92 Å². The van der Waals surface area contributed by atoms with Crippen molar-refractivity contribution < 1.29 is 18.6 Å². The molecule has 20 heavy (non-hydrogen) atoms. The van der Waals surface area contributed by atoms with Crippen LogP contribution in [0.5, 0.6) is 5.75 Å². The number of rotatable bonds is 8. The molecule has 1 aromatic rings. The molecule has 3 atom stereocenters. The van der Waals surface area contributed by atoms with Gasteiger partial charge in [0.05, 0.1) is 6.10 Å². The minimum absolute atomic E-state index is 0.0829. The summed E-state index contributed by atoms with van der Waals surface area (Å²) >= 11 is 0. The van der Waals surface area contributed by atoms with E-state index in [1.165, 1.54) is 6.07 Å². The van der Waals surface area contributed by atoms with Gasteiger partial charge in [-0.3, -0.25) is 0 Å². The Balaban J connectivity index is 2.28. The molecule has 3 nitrogen and oxygen atoms in total. The summed E-state index contributed by atoms with van der Waals surface area (Å²) in [6, 6.07) is 3.58. The Kier molecular flexibility index (Phi) is 6.88. The van der Waals surface area contributed by atoms with Gasteiger partial charge in [-0.15, -0.1) is 0 Å². The van der Waals surface area contributed by atoms with E-state index in [-0.39, 0.29) is 12.1 Å². The molecule has 0 radical (unpaired) electrons. The lowest BCUT2D eigenvalue weighted by atomic mass is 10.0. The SMILES string of the molecule is CC(O)CC(C)CNC(C)COc1ccc(F)c(F)c1. The van der Waals surface area contributed by atoms with Crippen molar-refractivity contribution in [3.8, 4) is 5.75 Å². The third-order valence-corrected chi connectivity index (χ3v) is 2.95. The van der Waals surface area contributed by atoms with Crippen molar-refractivity contribution in [3.63, 3.8) is 0 Å². The maximum atomic E-state index is 13.0. The molecule has 0 fully saturated rings. The number of nitrogens with one attached hydrogen (secondary N) is 1. The van der Waals surface area contributed by atoms with Crippen molar-refractivity contribution in [1.82, 2.24) is 5.32 Å². The van der Waals surface area contributed by atoms with Gasteiger partial charge in [-0.25, -0.2) is 8.78 Å². The molecule has 5 heteroatoms. The highest BCUT2D eigenvalue weighted by atomic mass is 19.2. The first-order valence-electron chi connectivity index (χ1n) is 6.87. The molecular weight excluding hydrogens is 264 g/mol. The van der Waals surface area contributed by atoms with Crippen LogP contribution in [0.4, 0.5) is 8.78 Å². The fraction of sp³-hybridized carbons (Fsp3) is 0.600. The second-order valence-electron chi connectivity index (χ2n) is 5.39. The van der Waals surface area contributed by atoms with E-state index in [2.05, 4.69) is 12.2 Å². The molecule has 114 valence electrons. The van der Waals surface area contributed by atoms with Crippen molar-refractivity contribution in [3.05, 3.63) is 29.8 Å². The van der Waals surface area contributed by atoms with Gasteiger partial charge in [0.25, 0.3) is 0 Å². The van der Waals surface area contributed by atoms with E-state index < -0.39 is 11.6 Å². The second-order valence-corrected chi connectivity index (χ2v) is 5.39. The lowest BCUT2D eigenvalue weighted by molar-refractivity contribution is 0.161. The normalized spacial score (nSPS) is 15.7. The van der Waals surface area contributed by atoms with Crippen LogP contribution in [0, 0.1) is 17.6 Å². The van der Waals surface area contributed by atoms with E-state index in [0.29, 0.717) is 18.3 Å². The molecule has 0 bridgehead atoms. The Morgan fingerprint density at radius 3 is 2.50 bits per heavy atom. The molecule has 0 saturated heterocycles. The summed E-state index contributed by atoms with van der Waals surface area (Å²) in [6.07, 6.45) is 0.435. The van der Waals surface area contributed by atoms with Gasteiger partial charge in [-0.2, -0.15) is 0 Å². The van der Waals surface area contributed by atoms with Crippen molar-refractivity contribution in [2.75, 3.05) is 13.2 Å². The zero-order chi connectivity index (χ0) is 15.1. The lowest BCUT2D eigenvalue weighted by Gasteiger charge is -2.19. The molecule has 3 unspecified atom stereocenters. The molecule has 0 spiro atoms. The number of benzene rings is 1. The minimum Gasteiger partial charge on any atom is -0.492 e. The number of ether oxygens (including phenoxy) is 1. The fourth-order valence-electron chi connectivity index (χ4n) is 1.91. The third kappa shape index (κ3) is 6.30. The van der Waals surface area contributed by atoms with Gasteiger partial charge in [0.1, 0.15) is 12.4 Å². The van der Waals surface area contributed by atoms with E-state index in [9.17, 15) is 13.9 Å².